The molecule has 0 N–H and O–H groups in total. The highest BCUT2D eigenvalue weighted by Gasteiger charge is 2.48. The molecule has 0 aromatic heterocycles. The Kier molecular flexibility index (Phi) is 9.58. The van der Waals surface area contributed by atoms with Crippen molar-refractivity contribution in [2.24, 2.45) is 11.8 Å². The molecule has 0 saturated carbocycles. The highest BCUT2D eigenvalue weighted by atomic mass is 16.5. The molecule has 3 nitrogen and oxygen atoms in total. The molecule has 0 saturated heterocycles. The molecule has 2 aromatic rings. The Morgan fingerprint density at radius 1 is 0.774 bits per heavy atom. The van der Waals surface area contributed by atoms with Crippen LogP contribution in [0.5, 0.6) is 5.75 Å². The second-order valence-electron chi connectivity index (χ2n) is 10.2. The van der Waals surface area contributed by atoms with E-state index in [9.17, 15) is 0 Å². The minimum Gasteiger partial charge on any atom is -0.491 e. The van der Waals surface area contributed by atoms with E-state index in [0.29, 0.717) is 25.0 Å². The molecule has 0 unspecified atom stereocenters. The first-order valence-corrected chi connectivity index (χ1v) is 11.8. The van der Waals surface area contributed by atoms with Crippen LogP contribution in [0.15, 0.2) is 54.6 Å². The third-order valence-corrected chi connectivity index (χ3v) is 6.33. The molecule has 0 radical (unpaired) electrons. The van der Waals surface area contributed by atoms with Crippen molar-refractivity contribution in [2.45, 2.75) is 53.0 Å². The number of likely N-dealkylation sites (N-methyl/N-ethyl adjacent to an activating group) is 1. The molecule has 31 heavy (non-hydrogen) atoms. The monoisotopic (exact) mass is 426 g/mol. The van der Waals surface area contributed by atoms with Crippen LogP contribution < -0.4 is 4.74 Å². The lowest BCUT2D eigenvalue weighted by atomic mass is 9.72. The number of ether oxygens (including phenoxy) is 2. The van der Waals surface area contributed by atoms with Crippen LogP contribution in [0.2, 0.25) is 0 Å². The van der Waals surface area contributed by atoms with Crippen LogP contribution in [-0.4, -0.2) is 44.9 Å². The second-order valence-corrected chi connectivity index (χ2v) is 10.2. The van der Waals surface area contributed by atoms with Gasteiger partial charge in [-0.05, 0) is 36.5 Å². The highest BCUT2D eigenvalue weighted by molar-refractivity contribution is 5.32. The molecule has 0 fully saturated rings. The summed E-state index contributed by atoms with van der Waals surface area (Å²) in [6, 6.07) is 18.9. The topological polar surface area (TPSA) is 18.5 Å². The summed E-state index contributed by atoms with van der Waals surface area (Å²) in [4.78, 5) is 0. The van der Waals surface area contributed by atoms with E-state index in [-0.39, 0.29) is 5.54 Å². The number of para-hydroxylation sites is 1. The lowest BCUT2D eigenvalue weighted by Crippen LogP contribution is -2.60. The van der Waals surface area contributed by atoms with Gasteiger partial charge in [-0.25, -0.2) is 0 Å². The fourth-order valence-corrected chi connectivity index (χ4v) is 4.91. The van der Waals surface area contributed by atoms with Gasteiger partial charge in [0.2, 0.25) is 0 Å². The summed E-state index contributed by atoms with van der Waals surface area (Å²) < 4.78 is 12.7. The molecule has 0 aliphatic rings. The Hall–Kier alpha value is -1.84. The predicted octanol–water partition coefficient (Wildman–Crippen LogP) is 6.45. The molecular formula is C28H44NO2+. The first-order chi connectivity index (χ1) is 14.7. The average Bonchev–Trinajstić information content (AvgIpc) is 2.70. The summed E-state index contributed by atoms with van der Waals surface area (Å²) in [5, 5.41) is 0. The number of rotatable bonds is 13. The van der Waals surface area contributed by atoms with Crippen LogP contribution in [0.4, 0.5) is 0 Å². The smallest absolute Gasteiger partial charge is 0.125 e. The SMILES string of the molecule is Cc1ccccc1C(CC(C)C)(CC(C)C)[N+](C)(C)CCOCCOc1ccccc1. The number of benzene rings is 2. The van der Waals surface area contributed by atoms with E-state index in [1.165, 1.54) is 24.0 Å². The standard InChI is InChI=1S/C28H44NO2/c1-23(2)21-28(22-24(3)4,27-16-12-11-13-25(27)5)29(6,7)17-18-30-19-20-31-26-14-9-8-10-15-26/h8-16,23-24H,17-22H2,1-7H3/q+1. The first-order valence-electron chi connectivity index (χ1n) is 11.8. The van der Waals surface area contributed by atoms with Crippen molar-refractivity contribution in [3.05, 3.63) is 65.7 Å². The summed E-state index contributed by atoms with van der Waals surface area (Å²) in [7, 11) is 4.78. The quantitative estimate of drug-likeness (QED) is 0.270. The molecule has 2 rings (SSSR count). The van der Waals surface area contributed by atoms with Crippen molar-refractivity contribution in [1.82, 2.24) is 0 Å². The first kappa shape index (κ1) is 25.4. The molecular weight excluding hydrogens is 382 g/mol. The average molecular weight is 427 g/mol. The van der Waals surface area contributed by atoms with E-state index in [4.69, 9.17) is 9.47 Å². The number of nitrogens with zero attached hydrogens (tertiary/aromatic N) is 1. The van der Waals surface area contributed by atoms with Gasteiger partial charge < -0.3 is 14.0 Å². The van der Waals surface area contributed by atoms with E-state index in [2.05, 4.69) is 73.0 Å². The maximum atomic E-state index is 6.02. The molecule has 2 aromatic carbocycles. The Labute approximate surface area is 191 Å². The van der Waals surface area contributed by atoms with Gasteiger partial charge in [0.1, 0.15) is 24.4 Å². The van der Waals surface area contributed by atoms with Gasteiger partial charge in [-0.15, -0.1) is 0 Å². The van der Waals surface area contributed by atoms with Crippen LogP contribution >= 0.6 is 0 Å². The van der Waals surface area contributed by atoms with Gasteiger partial charge >= 0.3 is 0 Å². The highest BCUT2D eigenvalue weighted by Crippen LogP contribution is 2.44. The molecule has 0 heterocycles. The normalized spacial score (nSPS) is 12.5. The van der Waals surface area contributed by atoms with Crippen molar-refractivity contribution in [1.29, 1.82) is 0 Å². The molecule has 0 bridgehead atoms. The van der Waals surface area contributed by atoms with Crippen molar-refractivity contribution in [3.8, 4) is 5.75 Å². The van der Waals surface area contributed by atoms with Gasteiger partial charge in [0, 0.05) is 18.4 Å². The Morgan fingerprint density at radius 3 is 1.94 bits per heavy atom. The van der Waals surface area contributed by atoms with Crippen molar-refractivity contribution in [3.63, 3.8) is 0 Å². The second kappa shape index (κ2) is 11.7. The van der Waals surface area contributed by atoms with Gasteiger partial charge in [-0.3, -0.25) is 0 Å². The fourth-order valence-electron chi connectivity index (χ4n) is 4.91. The largest absolute Gasteiger partial charge is 0.491 e. The predicted molar refractivity (Wildman–Crippen MR) is 131 cm³/mol. The zero-order valence-corrected chi connectivity index (χ0v) is 20.9. The lowest BCUT2D eigenvalue weighted by Gasteiger charge is -2.51. The third kappa shape index (κ3) is 7.08. The van der Waals surface area contributed by atoms with E-state index < -0.39 is 0 Å². The zero-order valence-electron chi connectivity index (χ0n) is 20.9. The summed E-state index contributed by atoms with van der Waals surface area (Å²) in [6.45, 7) is 14.6. The Balaban J connectivity index is 2.10. The van der Waals surface area contributed by atoms with Crippen LogP contribution in [0.25, 0.3) is 0 Å². The summed E-state index contributed by atoms with van der Waals surface area (Å²) in [5.41, 5.74) is 2.96. The van der Waals surface area contributed by atoms with Crippen LogP contribution in [-0.2, 0) is 10.3 Å². The third-order valence-electron chi connectivity index (χ3n) is 6.33. The number of hydrogen-bond acceptors (Lipinski definition) is 2. The minimum absolute atomic E-state index is 0.0670. The maximum Gasteiger partial charge on any atom is 0.125 e. The van der Waals surface area contributed by atoms with Crippen LogP contribution in [0.3, 0.4) is 0 Å². The molecule has 3 heteroatoms. The van der Waals surface area contributed by atoms with Gasteiger partial charge in [-0.2, -0.15) is 0 Å². The van der Waals surface area contributed by atoms with Crippen molar-refractivity contribution < 1.29 is 14.0 Å². The molecule has 0 aliphatic heterocycles. The Bertz CT molecular complexity index is 758. The lowest BCUT2D eigenvalue weighted by molar-refractivity contribution is -0.952. The molecule has 0 atom stereocenters. The molecule has 172 valence electrons. The summed E-state index contributed by atoms with van der Waals surface area (Å²) in [5.74, 6) is 2.14. The van der Waals surface area contributed by atoms with Crippen LogP contribution in [0, 0.1) is 18.8 Å². The molecule has 0 spiro atoms. The molecule has 0 amide bonds. The maximum absolute atomic E-state index is 6.02. The summed E-state index contributed by atoms with van der Waals surface area (Å²) >= 11 is 0. The Morgan fingerprint density at radius 2 is 1.35 bits per heavy atom. The number of quaternary nitrogens is 1. The van der Waals surface area contributed by atoms with E-state index in [1.54, 1.807) is 0 Å². The van der Waals surface area contributed by atoms with E-state index in [1.807, 2.05) is 30.3 Å². The number of hydrogen-bond donors (Lipinski definition) is 0. The zero-order chi connectivity index (χ0) is 22.9. The van der Waals surface area contributed by atoms with E-state index >= 15 is 0 Å². The van der Waals surface area contributed by atoms with Gasteiger partial charge in [0.05, 0.1) is 27.3 Å². The fraction of sp³-hybridized carbons (Fsp3) is 0.571. The summed E-state index contributed by atoms with van der Waals surface area (Å²) in [6.07, 6.45) is 2.33. The minimum atomic E-state index is 0.0670. The van der Waals surface area contributed by atoms with Gasteiger partial charge in [-0.1, -0.05) is 70.2 Å². The van der Waals surface area contributed by atoms with Gasteiger partial charge in [0.25, 0.3) is 0 Å². The van der Waals surface area contributed by atoms with Crippen LogP contribution in [0.1, 0.15) is 51.7 Å². The molecule has 0 aliphatic carbocycles. The van der Waals surface area contributed by atoms with Gasteiger partial charge in [0.15, 0.2) is 0 Å². The van der Waals surface area contributed by atoms with E-state index in [0.717, 1.165) is 23.4 Å². The number of aryl methyl sites for hydroxylation is 1. The van der Waals surface area contributed by atoms with Crippen molar-refractivity contribution >= 4 is 0 Å². The van der Waals surface area contributed by atoms with Crippen molar-refractivity contribution in [2.75, 3.05) is 40.5 Å².